The number of aromatic nitrogens is 8. The van der Waals surface area contributed by atoms with E-state index in [9.17, 15) is 28.6 Å². The van der Waals surface area contributed by atoms with Crippen LogP contribution in [0.1, 0.15) is 71.8 Å². The molecule has 9 heterocycles. The highest BCUT2D eigenvalue weighted by Gasteiger charge is 2.18. The fourth-order valence-electron chi connectivity index (χ4n) is 8.48. The van der Waals surface area contributed by atoms with E-state index in [1.807, 2.05) is 26.0 Å². The molecule has 0 aliphatic rings. The van der Waals surface area contributed by atoms with Gasteiger partial charge in [-0.1, -0.05) is 23.2 Å². The van der Waals surface area contributed by atoms with Crippen molar-refractivity contribution in [2.75, 3.05) is 88.3 Å². The molecule has 0 bridgehead atoms. The Hall–Kier alpha value is -10.8. The molecule has 7 N–H and O–H groups in total. The lowest BCUT2D eigenvalue weighted by Crippen LogP contribution is -2.05. The van der Waals surface area contributed by atoms with Gasteiger partial charge in [0, 0.05) is 75.3 Å². The van der Waals surface area contributed by atoms with Crippen molar-refractivity contribution in [2.45, 2.75) is 55.4 Å². The van der Waals surface area contributed by atoms with Crippen LogP contribution in [0.5, 0.6) is 69.6 Å². The van der Waals surface area contributed by atoms with Gasteiger partial charge >= 0.3 is 0 Å². The number of nitrogen functional groups attached to an aromatic ring is 1. The van der Waals surface area contributed by atoms with E-state index in [4.69, 9.17) is 95.7 Å². The molecule has 0 amide bonds. The number of aromatic hydroxyl groups is 4. The third-order valence-corrected chi connectivity index (χ3v) is 15.9. The number of aldehydes is 2. The standard InChI is InChI=1S/C15H13ClFN3O2.C14H12ClFN2O2.C10H13NO4.C9H13NO3.C8H10INO2.C8H9NO3.C6H6INO.C6H7NO/c1-7-14-9(6-12(19-7)21-2)13(15(18)22-14)20-8-3-4-11(17)10(16)5-8;1-8-14(19)9(5-13(18-8)20-2)7-17-10-3-4-12(16)11(15)6-10;1-7-10(15-6-13-2)8(5-12)4-9(11-7)14-3;1-7-8(13-6-11-2)4-5-9(10-7)12-3;1-6-7(12-5-11-2)3-4-8(9)10-6;1-5-8(11)6(4-10)3-7(9-5)12-2;1-4-5(9)2-3-6(7)8-4;1-5-6(8)3-2-4-7-5/h3-6,20H,18H2,1-2H3;3-7,19H,1-2H3;4-5H,6H2,1-3H3;4-5H,6H2,1-3H3;3-4H,5H2,1-2H3;3-4,11H,1-2H3;2-3,9H,1H3;2-4,8H,1H3. The Labute approximate surface area is 676 Å². The number of methoxy groups -OCH3 is 8. The zero-order valence-electron chi connectivity index (χ0n) is 63.2. The molecular formula is C76H83Cl2F2I2N11O18. The van der Waals surface area contributed by atoms with Crippen molar-refractivity contribution in [3.8, 4) is 69.6 Å². The van der Waals surface area contributed by atoms with Crippen molar-refractivity contribution >= 4 is 121 Å². The van der Waals surface area contributed by atoms with Crippen LogP contribution in [0, 0.1) is 74.4 Å². The van der Waals surface area contributed by atoms with Gasteiger partial charge in [-0.25, -0.2) is 43.7 Å². The van der Waals surface area contributed by atoms with Crippen LogP contribution in [0.4, 0.5) is 31.7 Å². The third kappa shape index (κ3) is 30.2. The van der Waals surface area contributed by atoms with Gasteiger partial charge in [-0.3, -0.25) is 19.6 Å². The van der Waals surface area contributed by atoms with Crippen molar-refractivity contribution in [3.05, 3.63) is 207 Å². The lowest BCUT2D eigenvalue weighted by molar-refractivity contribution is 0.0495. The summed E-state index contributed by atoms with van der Waals surface area (Å²) in [5, 5.41) is 40.8. The number of benzene rings is 2. The molecule has 2 aromatic carbocycles. The summed E-state index contributed by atoms with van der Waals surface area (Å²) in [6.07, 6.45) is 4.35. The summed E-state index contributed by atoms with van der Waals surface area (Å²) in [4.78, 5) is 57.8. The molecule has 11 aromatic rings. The van der Waals surface area contributed by atoms with Crippen molar-refractivity contribution in [3.63, 3.8) is 0 Å². The van der Waals surface area contributed by atoms with Gasteiger partial charge in [0.15, 0.2) is 44.3 Å². The van der Waals surface area contributed by atoms with Gasteiger partial charge in [0.2, 0.25) is 35.3 Å². The van der Waals surface area contributed by atoms with Crippen LogP contribution >= 0.6 is 68.4 Å². The highest BCUT2D eigenvalue weighted by atomic mass is 127. The van der Waals surface area contributed by atoms with Crippen LogP contribution in [0.2, 0.25) is 10.0 Å². The second-order valence-electron chi connectivity index (χ2n) is 22.0. The number of nitrogens with two attached hydrogens (primary N) is 1. The predicted molar refractivity (Wildman–Crippen MR) is 432 cm³/mol. The van der Waals surface area contributed by atoms with E-state index in [-0.39, 0.29) is 64.9 Å². The maximum absolute atomic E-state index is 13.2. The van der Waals surface area contributed by atoms with Crippen LogP contribution in [0.3, 0.4) is 0 Å². The predicted octanol–water partition coefficient (Wildman–Crippen LogP) is 16.2. The van der Waals surface area contributed by atoms with Gasteiger partial charge in [0.1, 0.15) is 59.2 Å². The normalized spacial score (nSPS) is 10.1. The Morgan fingerprint density at radius 1 is 0.495 bits per heavy atom. The number of fused-ring (bicyclic) bond motifs is 1. The minimum Gasteiger partial charge on any atom is -0.506 e. The van der Waals surface area contributed by atoms with Crippen molar-refractivity contribution in [1.29, 1.82) is 0 Å². The number of aryl methyl sites for hydroxylation is 8. The Balaban J connectivity index is 0.000000273. The molecule has 0 saturated carbocycles. The summed E-state index contributed by atoms with van der Waals surface area (Å²) in [5.74, 6) is 3.69. The molecule has 11 rings (SSSR count). The summed E-state index contributed by atoms with van der Waals surface area (Å²) in [5.41, 5.74) is 14.3. The Kier molecular flexibility index (Phi) is 40.0. The molecule has 0 aliphatic heterocycles. The number of hydrogen-bond acceptors (Lipinski definition) is 29. The average molecular weight is 1800 g/mol. The molecule has 0 aliphatic carbocycles. The topological polar surface area (TPSA) is 383 Å². The lowest BCUT2D eigenvalue weighted by atomic mass is 10.2. The summed E-state index contributed by atoms with van der Waals surface area (Å²) < 4.78 is 88.6. The number of hydrogen-bond donors (Lipinski definition) is 6. The van der Waals surface area contributed by atoms with E-state index in [0.29, 0.717) is 121 Å². The number of carbonyl (C=O) groups is 2. The molecule has 29 nitrogen and oxygen atoms in total. The fourth-order valence-corrected chi connectivity index (χ4v) is 9.92. The minimum absolute atomic E-state index is 0.00707. The van der Waals surface area contributed by atoms with Gasteiger partial charge < -0.3 is 88.0 Å². The number of halogens is 6. The zero-order valence-corrected chi connectivity index (χ0v) is 69.0. The average Bonchev–Trinajstić information content (AvgIpc) is 1.63. The molecule has 9 aromatic heterocycles. The summed E-state index contributed by atoms with van der Waals surface area (Å²) in [6.45, 7) is 14.7. The fraction of sp³-hybridized carbons (Fsp3) is 0.250. The SMILES string of the molecule is COCOc1c(C=O)cc(OC)nc1C.COCOc1ccc(I)nc1C.COCOc1ccc(OC)nc1C.COc1cc(C=Nc2ccc(F)c(Cl)c2)c(O)c(C)n1.COc1cc(C=O)c(O)c(C)n1.COc1cc2c(Nc3ccc(F)c(Cl)c3)c(N)oc2c(C)n1.Cc1nc(I)ccc1O.Cc1ncccc1O. The first-order valence-electron chi connectivity index (χ1n) is 32.3. The Morgan fingerprint density at radius 3 is 1.44 bits per heavy atom. The zero-order chi connectivity index (χ0) is 82.4. The van der Waals surface area contributed by atoms with Gasteiger partial charge in [-0.15, -0.1) is 0 Å². The summed E-state index contributed by atoms with van der Waals surface area (Å²) in [7, 11) is 12.2. The van der Waals surface area contributed by atoms with Crippen molar-refractivity contribution in [2.24, 2.45) is 4.99 Å². The monoisotopic (exact) mass is 1800 g/mol. The first-order valence-corrected chi connectivity index (χ1v) is 35.2. The molecule has 35 heteroatoms. The smallest absolute Gasteiger partial charge is 0.215 e. The second-order valence-corrected chi connectivity index (χ2v) is 25.0. The first kappa shape index (κ1) is 92.6. The molecule has 0 radical (unpaired) electrons. The Morgan fingerprint density at radius 2 is 0.955 bits per heavy atom. The number of nitrogens with one attached hydrogen (secondary N) is 1. The maximum atomic E-state index is 13.2. The molecule has 111 heavy (non-hydrogen) atoms. The number of furan rings is 1. The van der Waals surface area contributed by atoms with E-state index in [1.54, 1.807) is 124 Å². The number of ether oxygens (including phenoxy) is 11. The van der Waals surface area contributed by atoms with E-state index < -0.39 is 11.6 Å². The van der Waals surface area contributed by atoms with Gasteiger partial charge in [0.25, 0.3) is 0 Å². The quantitative estimate of drug-likeness (QED) is 0.0136. The number of anilines is 3. The van der Waals surface area contributed by atoms with Gasteiger partial charge in [-0.05, 0) is 179 Å². The molecule has 0 unspecified atom stereocenters. The highest BCUT2D eigenvalue weighted by molar-refractivity contribution is 14.1. The second kappa shape index (κ2) is 48.0. The van der Waals surface area contributed by atoms with Gasteiger partial charge in [-0.2, -0.15) is 0 Å². The highest BCUT2D eigenvalue weighted by Crippen LogP contribution is 2.39. The molecule has 0 spiro atoms. The van der Waals surface area contributed by atoms with E-state index >= 15 is 0 Å². The van der Waals surface area contributed by atoms with Crippen LogP contribution in [0.25, 0.3) is 11.0 Å². The minimum atomic E-state index is -0.505. The summed E-state index contributed by atoms with van der Waals surface area (Å²) in [6, 6.07) is 28.7. The van der Waals surface area contributed by atoms with E-state index in [2.05, 4.69) is 95.4 Å². The molecule has 592 valence electrons. The third-order valence-electron chi connectivity index (χ3n) is 14.1. The summed E-state index contributed by atoms with van der Waals surface area (Å²) >= 11 is 15.7. The molecule has 0 atom stereocenters. The number of pyridine rings is 8. The number of carbonyl (C=O) groups excluding carboxylic acids is 2. The van der Waals surface area contributed by atoms with Crippen molar-refractivity contribution < 1.29 is 95.3 Å². The van der Waals surface area contributed by atoms with Crippen LogP contribution in [-0.4, -0.2) is 156 Å². The van der Waals surface area contributed by atoms with Crippen LogP contribution < -0.4 is 48.9 Å². The Bertz CT molecular complexity index is 4860. The van der Waals surface area contributed by atoms with Crippen LogP contribution in [0.15, 0.2) is 125 Å². The molecule has 0 fully saturated rings. The van der Waals surface area contributed by atoms with Crippen molar-refractivity contribution in [1.82, 2.24) is 39.9 Å². The molecular weight excluding hydrogens is 1720 g/mol. The largest absolute Gasteiger partial charge is 0.506 e. The molecule has 0 saturated heterocycles. The number of rotatable bonds is 20. The van der Waals surface area contributed by atoms with E-state index in [0.717, 1.165) is 29.9 Å². The maximum Gasteiger partial charge on any atom is 0.215 e. The number of nitrogens with zero attached hydrogens (tertiary/aromatic N) is 9. The first-order chi connectivity index (χ1) is 52.9. The van der Waals surface area contributed by atoms with E-state index in [1.165, 1.54) is 84.2 Å². The van der Waals surface area contributed by atoms with Crippen LogP contribution in [-0.2, 0) is 14.2 Å². The van der Waals surface area contributed by atoms with Gasteiger partial charge in [0.05, 0.1) is 113 Å². The lowest BCUT2D eigenvalue weighted by Gasteiger charge is -2.10. The number of aliphatic imine (C=N–C) groups is 1.